The van der Waals surface area contributed by atoms with Crippen molar-refractivity contribution in [1.29, 1.82) is 0 Å². The molecule has 0 bridgehead atoms. The van der Waals surface area contributed by atoms with E-state index in [1.54, 1.807) is 0 Å². The van der Waals surface area contributed by atoms with Crippen molar-refractivity contribution in [2.75, 3.05) is 13.1 Å². The minimum atomic E-state index is -1.51. The van der Waals surface area contributed by atoms with Crippen molar-refractivity contribution in [2.24, 2.45) is 5.73 Å². The van der Waals surface area contributed by atoms with Gasteiger partial charge in [0.25, 0.3) is 0 Å². The Labute approximate surface area is 110 Å². The van der Waals surface area contributed by atoms with Crippen molar-refractivity contribution in [3.05, 3.63) is 0 Å². The van der Waals surface area contributed by atoms with Gasteiger partial charge in [0.1, 0.15) is 6.04 Å². The Kier molecular flexibility index (Phi) is 5.56. The topological polar surface area (TPSA) is 133 Å². The molecular weight excluding hydrogens is 254 g/mol. The smallest absolute Gasteiger partial charge is 0.332 e. The van der Waals surface area contributed by atoms with Crippen LogP contribution in [0.4, 0.5) is 4.79 Å². The van der Waals surface area contributed by atoms with Crippen LogP contribution in [0.2, 0.25) is 0 Å². The summed E-state index contributed by atoms with van der Waals surface area (Å²) in [6, 6.07) is -1.07. The van der Waals surface area contributed by atoms with Crippen LogP contribution in [-0.4, -0.2) is 58.3 Å². The Morgan fingerprint density at radius 1 is 1.37 bits per heavy atom. The third-order valence-corrected chi connectivity index (χ3v) is 3.07. The molecular formula is C11H19N3O5. The lowest BCUT2D eigenvalue weighted by Crippen LogP contribution is -2.54. The fourth-order valence-corrected chi connectivity index (χ4v) is 2.01. The second-order valence-corrected chi connectivity index (χ2v) is 4.48. The van der Waals surface area contributed by atoms with Crippen molar-refractivity contribution in [3.63, 3.8) is 0 Å². The summed E-state index contributed by atoms with van der Waals surface area (Å²) < 4.78 is 0. The van der Waals surface area contributed by atoms with Crippen LogP contribution in [0.1, 0.15) is 25.7 Å². The van der Waals surface area contributed by atoms with Gasteiger partial charge in [-0.1, -0.05) is 0 Å². The van der Waals surface area contributed by atoms with Gasteiger partial charge < -0.3 is 26.2 Å². The normalized spacial score (nSPS) is 20.7. The number of carbonyl (C=O) groups is 3. The second kappa shape index (κ2) is 6.93. The van der Waals surface area contributed by atoms with Crippen LogP contribution >= 0.6 is 0 Å². The number of aliphatic hydroxyl groups is 1. The molecule has 8 nitrogen and oxygen atoms in total. The maximum atomic E-state index is 11.8. The Balaban J connectivity index is 2.43. The molecule has 0 radical (unpaired) electrons. The fraction of sp³-hybridized carbons (Fsp3) is 0.727. The first-order chi connectivity index (χ1) is 8.93. The SMILES string of the molecule is NC(=O)C1CCCCN1C(=O)NCCC(O)C(=O)O. The summed E-state index contributed by atoms with van der Waals surface area (Å²) in [7, 11) is 0. The number of carbonyl (C=O) groups excluding carboxylic acids is 2. The third kappa shape index (κ3) is 4.40. The van der Waals surface area contributed by atoms with E-state index in [9.17, 15) is 14.4 Å². The number of primary amides is 1. The Bertz CT molecular complexity index is 360. The number of carboxylic acids is 1. The Hall–Kier alpha value is -1.83. The predicted molar refractivity (Wildman–Crippen MR) is 65.2 cm³/mol. The number of carboxylic acid groups (broad SMARTS) is 1. The van der Waals surface area contributed by atoms with Gasteiger partial charge in [0.2, 0.25) is 5.91 Å². The van der Waals surface area contributed by atoms with Crippen molar-refractivity contribution >= 4 is 17.9 Å². The van der Waals surface area contributed by atoms with E-state index >= 15 is 0 Å². The van der Waals surface area contributed by atoms with Gasteiger partial charge in [-0.05, 0) is 19.3 Å². The zero-order chi connectivity index (χ0) is 14.4. The van der Waals surface area contributed by atoms with E-state index in [1.165, 1.54) is 4.90 Å². The summed E-state index contributed by atoms with van der Waals surface area (Å²) in [6.45, 7) is 0.467. The number of likely N-dealkylation sites (tertiary alicyclic amines) is 1. The van der Waals surface area contributed by atoms with Gasteiger partial charge in [-0.25, -0.2) is 9.59 Å². The predicted octanol–water partition coefficient (Wildman–Crippen LogP) is -1.13. The van der Waals surface area contributed by atoms with Crippen LogP contribution in [0.5, 0.6) is 0 Å². The van der Waals surface area contributed by atoms with Gasteiger partial charge in [0, 0.05) is 19.5 Å². The highest BCUT2D eigenvalue weighted by Gasteiger charge is 2.30. The number of amides is 3. The largest absolute Gasteiger partial charge is 0.479 e. The first kappa shape index (κ1) is 15.2. The van der Waals surface area contributed by atoms with Crippen molar-refractivity contribution < 1.29 is 24.6 Å². The van der Waals surface area contributed by atoms with Gasteiger partial charge in [0.05, 0.1) is 0 Å². The highest BCUT2D eigenvalue weighted by molar-refractivity contribution is 5.86. The molecule has 0 spiro atoms. The van der Waals surface area contributed by atoms with Gasteiger partial charge in [-0.3, -0.25) is 4.79 Å². The number of rotatable bonds is 5. The molecule has 1 rings (SSSR count). The molecule has 108 valence electrons. The van der Waals surface area contributed by atoms with Crippen molar-refractivity contribution in [2.45, 2.75) is 37.8 Å². The molecule has 0 aliphatic carbocycles. The standard InChI is InChI=1S/C11H19N3O5/c12-9(16)7-3-1-2-6-14(7)11(19)13-5-4-8(15)10(17)18/h7-8,15H,1-6H2,(H2,12,16)(H,13,19)(H,17,18). The van der Waals surface area contributed by atoms with Gasteiger partial charge >= 0.3 is 12.0 Å². The van der Waals surface area contributed by atoms with Crippen LogP contribution in [-0.2, 0) is 9.59 Å². The van der Waals surface area contributed by atoms with E-state index < -0.39 is 30.1 Å². The molecule has 1 aliphatic rings. The molecule has 0 aromatic carbocycles. The van der Waals surface area contributed by atoms with E-state index in [1.807, 2.05) is 0 Å². The highest BCUT2D eigenvalue weighted by atomic mass is 16.4. The summed E-state index contributed by atoms with van der Waals surface area (Å²) in [5.41, 5.74) is 5.23. The zero-order valence-corrected chi connectivity index (χ0v) is 10.5. The lowest BCUT2D eigenvalue weighted by Gasteiger charge is -2.33. The van der Waals surface area contributed by atoms with Gasteiger partial charge in [0.15, 0.2) is 6.10 Å². The average Bonchev–Trinajstić information content (AvgIpc) is 2.38. The van der Waals surface area contributed by atoms with Crippen LogP contribution < -0.4 is 11.1 Å². The van der Waals surface area contributed by atoms with Crippen LogP contribution in [0, 0.1) is 0 Å². The van der Waals surface area contributed by atoms with E-state index in [-0.39, 0.29) is 13.0 Å². The molecule has 1 saturated heterocycles. The molecule has 0 aromatic rings. The molecule has 0 aromatic heterocycles. The molecule has 2 unspecified atom stereocenters. The molecule has 1 aliphatic heterocycles. The maximum Gasteiger partial charge on any atom is 0.332 e. The molecule has 1 heterocycles. The monoisotopic (exact) mass is 273 g/mol. The fourth-order valence-electron chi connectivity index (χ4n) is 2.01. The number of aliphatic hydroxyl groups excluding tert-OH is 1. The summed E-state index contributed by atoms with van der Waals surface area (Å²) in [6.07, 6.45) is 0.592. The number of urea groups is 1. The minimum absolute atomic E-state index is 0.0221. The first-order valence-electron chi connectivity index (χ1n) is 6.18. The third-order valence-electron chi connectivity index (χ3n) is 3.07. The molecule has 5 N–H and O–H groups in total. The van der Waals surface area contributed by atoms with E-state index in [4.69, 9.17) is 15.9 Å². The molecule has 0 saturated carbocycles. The van der Waals surface area contributed by atoms with Gasteiger partial charge in [-0.2, -0.15) is 0 Å². The first-order valence-corrected chi connectivity index (χ1v) is 6.18. The second-order valence-electron chi connectivity index (χ2n) is 4.48. The summed E-state index contributed by atoms with van der Waals surface area (Å²) in [5.74, 6) is -1.87. The summed E-state index contributed by atoms with van der Waals surface area (Å²) in [4.78, 5) is 34.8. The lowest BCUT2D eigenvalue weighted by molar-refractivity contribution is -0.146. The number of nitrogens with zero attached hydrogens (tertiary/aromatic N) is 1. The molecule has 3 amide bonds. The Morgan fingerprint density at radius 2 is 2.05 bits per heavy atom. The maximum absolute atomic E-state index is 11.8. The van der Waals surface area contributed by atoms with E-state index in [2.05, 4.69) is 5.32 Å². The quantitative estimate of drug-likeness (QED) is 0.503. The number of nitrogens with two attached hydrogens (primary N) is 1. The van der Waals surface area contributed by atoms with Crippen LogP contribution in [0.25, 0.3) is 0 Å². The average molecular weight is 273 g/mol. The van der Waals surface area contributed by atoms with E-state index in [0.29, 0.717) is 13.0 Å². The van der Waals surface area contributed by atoms with Crippen LogP contribution in [0.3, 0.4) is 0 Å². The number of nitrogens with one attached hydrogen (secondary N) is 1. The van der Waals surface area contributed by atoms with Crippen molar-refractivity contribution in [3.8, 4) is 0 Å². The number of hydrogen-bond acceptors (Lipinski definition) is 4. The van der Waals surface area contributed by atoms with Gasteiger partial charge in [-0.15, -0.1) is 0 Å². The van der Waals surface area contributed by atoms with Crippen LogP contribution in [0.15, 0.2) is 0 Å². The molecule has 8 heteroatoms. The summed E-state index contributed by atoms with van der Waals surface area (Å²) in [5, 5.41) is 20.0. The highest BCUT2D eigenvalue weighted by Crippen LogP contribution is 2.16. The number of aliphatic carboxylic acids is 1. The lowest BCUT2D eigenvalue weighted by atomic mass is 10.0. The Morgan fingerprint density at radius 3 is 2.63 bits per heavy atom. The zero-order valence-electron chi connectivity index (χ0n) is 10.5. The number of piperidine rings is 1. The van der Waals surface area contributed by atoms with Crippen molar-refractivity contribution in [1.82, 2.24) is 10.2 Å². The molecule has 1 fully saturated rings. The molecule has 19 heavy (non-hydrogen) atoms. The molecule has 2 atom stereocenters. The van der Waals surface area contributed by atoms with E-state index in [0.717, 1.165) is 12.8 Å². The summed E-state index contributed by atoms with van der Waals surface area (Å²) >= 11 is 0. The number of hydrogen-bond donors (Lipinski definition) is 4. The minimum Gasteiger partial charge on any atom is -0.479 e.